The maximum Gasteiger partial charge on any atom is 0.414 e. The first-order valence-corrected chi connectivity index (χ1v) is 6.44. The van der Waals surface area contributed by atoms with Crippen LogP contribution in [0.15, 0.2) is 35.0 Å². The van der Waals surface area contributed by atoms with Crippen LogP contribution in [0.5, 0.6) is 0 Å². The third-order valence-electron chi connectivity index (χ3n) is 2.87. The molecule has 20 heavy (non-hydrogen) atoms. The molecule has 110 valence electrons. The molecule has 0 spiro atoms. The SMILES string of the molecule is C1=CCC(CNCc2ccco2)CC1.O=C(O)C(=O)O. The lowest BCUT2D eigenvalue weighted by Gasteiger charge is -2.17. The van der Waals surface area contributed by atoms with Crippen LogP contribution < -0.4 is 5.32 Å². The number of nitrogens with one attached hydrogen (secondary N) is 1. The third-order valence-corrected chi connectivity index (χ3v) is 2.87. The Labute approximate surface area is 117 Å². The second-order valence-electron chi connectivity index (χ2n) is 4.47. The number of hydrogen-bond acceptors (Lipinski definition) is 4. The maximum atomic E-state index is 9.10. The summed E-state index contributed by atoms with van der Waals surface area (Å²) >= 11 is 0. The van der Waals surface area contributed by atoms with E-state index in [-0.39, 0.29) is 0 Å². The van der Waals surface area contributed by atoms with E-state index < -0.39 is 11.9 Å². The molecule has 1 unspecified atom stereocenters. The Balaban J connectivity index is 0.000000286. The molecule has 6 nitrogen and oxygen atoms in total. The fourth-order valence-corrected chi connectivity index (χ4v) is 1.85. The smallest absolute Gasteiger partial charge is 0.414 e. The summed E-state index contributed by atoms with van der Waals surface area (Å²) in [5.41, 5.74) is 0. The van der Waals surface area contributed by atoms with Crippen LogP contribution in [0.1, 0.15) is 25.0 Å². The summed E-state index contributed by atoms with van der Waals surface area (Å²) in [6.45, 7) is 1.96. The topological polar surface area (TPSA) is 99.8 Å². The van der Waals surface area contributed by atoms with E-state index in [1.165, 1.54) is 19.3 Å². The minimum atomic E-state index is -1.82. The summed E-state index contributed by atoms with van der Waals surface area (Å²) in [6, 6.07) is 3.94. The molecule has 0 aliphatic heterocycles. The number of carboxylic acid groups (broad SMARTS) is 2. The van der Waals surface area contributed by atoms with Gasteiger partial charge in [0.05, 0.1) is 12.8 Å². The lowest BCUT2D eigenvalue weighted by molar-refractivity contribution is -0.159. The Morgan fingerprint density at radius 2 is 2.05 bits per heavy atom. The molecule has 3 N–H and O–H groups in total. The zero-order chi connectivity index (χ0) is 14.8. The number of allylic oxidation sites excluding steroid dienone is 2. The summed E-state index contributed by atoms with van der Waals surface area (Å²) in [6.07, 6.45) is 10.1. The van der Waals surface area contributed by atoms with Crippen LogP contribution in [0.3, 0.4) is 0 Å². The number of carbonyl (C=O) groups is 2. The molecule has 6 heteroatoms. The highest BCUT2D eigenvalue weighted by Gasteiger charge is 2.08. The fraction of sp³-hybridized carbons (Fsp3) is 0.429. The molecule has 1 aliphatic rings. The van der Waals surface area contributed by atoms with Crippen molar-refractivity contribution in [2.45, 2.75) is 25.8 Å². The lowest BCUT2D eigenvalue weighted by Crippen LogP contribution is -2.22. The Kier molecular flexibility index (Phi) is 7.13. The Bertz CT molecular complexity index is 426. The minimum absolute atomic E-state index is 0.815. The monoisotopic (exact) mass is 281 g/mol. The summed E-state index contributed by atoms with van der Waals surface area (Å²) < 4.78 is 5.25. The molecule has 0 aromatic carbocycles. The van der Waals surface area contributed by atoms with Gasteiger partial charge in [0.25, 0.3) is 0 Å². The largest absolute Gasteiger partial charge is 0.473 e. The van der Waals surface area contributed by atoms with Crippen molar-refractivity contribution in [2.24, 2.45) is 5.92 Å². The van der Waals surface area contributed by atoms with Gasteiger partial charge in [0.15, 0.2) is 0 Å². The van der Waals surface area contributed by atoms with Gasteiger partial charge < -0.3 is 19.9 Å². The van der Waals surface area contributed by atoms with Crippen LogP contribution in [0.4, 0.5) is 0 Å². The molecule has 0 amide bonds. The first-order valence-electron chi connectivity index (χ1n) is 6.44. The Morgan fingerprint density at radius 3 is 2.55 bits per heavy atom. The average molecular weight is 281 g/mol. The predicted molar refractivity (Wildman–Crippen MR) is 72.2 cm³/mol. The molecule has 2 rings (SSSR count). The van der Waals surface area contributed by atoms with Crippen LogP contribution in [0, 0.1) is 5.92 Å². The highest BCUT2D eigenvalue weighted by atomic mass is 16.4. The maximum absolute atomic E-state index is 9.10. The van der Waals surface area contributed by atoms with Crippen LogP contribution in [0.2, 0.25) is 0 Å². The van der Waals surface area contributed by atoms with Crippen LogP contribution >= 0.6 is 0 Å². The number of aliphatic carboxylic acids is 2. The van der Waals surface area contributed by atoms with E-state index in [4.69, 9.17) is 24.2 Å². The fourth-order valence-electron chi connectivity index (χ4n) is 1.85. The Morgan fingerprint density at radius 1 is 1.30 bits per heavy atom. The number of hydrogen-bond donors (Lipinski definition) is 3. The van der Waals surface area contributed by atoms with Crippen molar-refractivity contribution in [3.8, 4) is 0 Å². The Hall–Kier alpha value is -2.08. The van der Waals surface area contributed by atoms with Gasteiger partial charge in [-0.3, -0.25) is 0 Å². The van der Waals surface area contributed by atoms with Crippen molar-refractivity contribution in [1.29, 1.82) is 0 Å². The van der Waals surface area contributed by atoms with E-state index in [0.717, 1.165) is 24.8 Å². The van der Waals surface area contributed by atoms with Gasteiger partial charge in [-0.1, -0.05) is 12.2 Å². The first kappa shape index (κ1) is 16.0. The van der Waals surface area contributed by atoms with Crippen molar-refractivity contribution in [3.05, 3.63) is 36.3 Å². The number of carboxylic acids is 2. The van der Waals surface area contributed by atoms with E-state index in [9.17, 15) is 0 Å². The molecule has 0 saturated carbocycles. The van der Waals surface area contributed by atoms with Gasteiger partial charge in [-0.25, -0.2) is 9.59 Å². The normalized spacial score (nSPS) is 17.1. The molecule has 0 radical (unpaired) electrons. The second-order valence-corrected chi connectivity index (χ2v) is 4.47. The molecular weight excluding hydrogens is 262 g/mol. The van der Waals surface area contributed by atoms with Crippen molar-refractivity contribution < 1.29 is 24.2 Å². The van der Waals surface area contributed by atoms with Crippen LogP contribution in [-0.4, -0.2) is 28.7 Å². The minimum Gasteiger partial charge on any atom is -0.473 e. The van der Waals surface area contributed by atoms with Crippen LogP contribution in [-0.2, 0) is 16.1 Å². The van der Waals surface area contributed by atoms with Gasteiger partial charge in [-0.15, -0.1) is 0 Å². The zero-order valence-electron chi connectivity index (χ0n) is 11.1. The van der Waals surface area contributed by atoms with Gasteiger partial charge in [-0.2, -0.15) is 0 Å². The van der Waals surface area contributed by atoms with Gasteiger partial charge in [0.1, 0.15) is 5.76 Å². The van der Waals surface area contributed by atoms with Gasteiger partial charge in [0.2, 0.25) is 0 Å². The lowest BCUT2D eigenvalue weighted by atomic mass is 9.94. The third kappa shape index (κ3) is 6.75. The average Bonchev–Trinajstić information content (AvgIpc) is 2.94. The van der Waals surface area contributed by atoms with E-state index in [2.05, 4.69) is 17.5 Å². The standard InChI is InChI=1S/C12H17NO.C2H2O4/c1-2-5-11(6-3-1)9-13-10-12-7-4-8-14-12;3-1(4)2(5)6/h1-2,4,7-8,11,13H,3,5-6,9-10H2;(H,3,4)(H,5,6). The predicted octanol–water partition coefficient (Wildman–Crippen LogP) is 1.88. The van der Waals surface area contributed by atoms with Gasteiger partial charge in [-0.05, 0) is 43.9 Å². The van der Waals surface area contributed by atoms with Crippen molar-refractivity contribution in [1.82, 2.24) is 5.32 Å². The second kappa shape index (κ2) is 8.92. The zero-order valence-corrected chi connectivity index (χ0v) is 11.1. The molecule has 1 aliphatic carbocycles. The highest BCUT2D eigenvalue weighted by molar-refractivity contribution is 6.27. The van der Waals surface area contributed by atoms with E-state index in [0.29, 0.717) is 0 Å². The molecule has 1 atom stereocenters. The number of rotatable bonds is 4. The molecule has 0 bridgehead atoms. The van der Waals surface area contributed by atoms with Gasteiger partial charge >= 0.3 is 11.9 Å². The van der Waals surface area contributed by atoms with E-state index in [1.807, 2.05) is 12.1 Å². The summed E-state index contributed by atoms with van der Waals surface area (Å²) in [4.78, 5) is 18.2. The quantitative estimate of drug-likeness (QED) is 0.575. The number of furan rings is 1. The molecule has 0 fully saturated rings. The summed E-state index contributed by atoms with van der Waals surface area (Å²) in [5, 5.41) is 18.2. The summed E-state index contributed by atoms with van der Waals surface area (Å²) in [5.74, 6) is -1.81. The van der Waals surface area contributed by atoms with E-state index in [1.54, 1.807) is 6.26 Å². The molecule has 1 aromatic heterocycles. The molecule has 0 saturated heterocycles. The van der Waals surface area contributed by atoms with E-state index >= 15 is 0 Å². The van der Waals surface area contributed by atoms with Crippen molar-refractivity contribution in [3.63, 3.8) is 0 Å². The highest BCUT2D eigenvalue weighted by Crippen LogP contribution is 2.16. The van der Waals surface area contributed by atoms with Crippen LogP contribution in [0.25, 0.3) is 0 Å². The molecule has 1 aromatic rings. The van der Waals surface area contributed by atoms with Gasteiger partial charge in [0, 0.05) is 0 Å². The summed E-state index contributed by atoms with van der Waals surface area (Å²) in [7, 11) is 0. The molecule has 1 heterocycles. The molecular formula is C14H19NO5. The first-order chi connectivity index (χ1) is 9.59. The van der Waals surface area contributed by atoms with Crippen molar-refractivity contribution >= 4 is 11.9 Å². The van der Waals surface area contributed by atoms with Crippen molar-refractivity contribution in [2.75, 3.05) is 6.54 Å².